The van der Waals surface area contributed by atoms with Crippen LogP contribution in [0.15, 0.2) is 23.1 Å². The van der Waals surface area contributed by atoms with Crippen LogP contribution in [-0.4, -0.2) is 35.4 Å². The van der Waals surface area contributed by atoms with E-state index in [-0.39, 0.29) is 6.09 Å². The topological polar surface area (TPSA) is 29.5 Å². The molecule has 1 saturated heterocycles. The molecule has 1 amide bonds. The maximum absolute atomic E-state index is 12.2. The summed E-state index contributed by atoms with van der Waals surface area (Å²) in [7, 11) is 0. The van der Waals surface area contributed by atoms with Gasteiger partial charge in [0.05, 0.1) is 5.02 Å². The van der Waals surface area contributed by atoms with Crippen LogP contribution in [0.4, 0.5) is 4.79 Å². The van der Waals surface area contributed by atoms with Crippen molar-refractivity contribution < 1.29 is 9.53 Å². The number of ether oxygens (including phenoxy) is 1. The van der Waals surface area contributed by atoms with Crippen molar-refractivity contribution in [3.63, 3.8) is 0 Å². The van der Waals surface area contributed by atoms with E-state index in [1.54, 1.807) is 17.8 Å². The van der Waals surface area contributed by atoms with Gasteiger partial charge in [-0.1, -0.05) is 23.2 Å². The number of likely N-dealkylation sites (tertiary alicyclic amines) is 1. The van der Waals surface area contributed by atoms with Crippen LogP contribution in [0.5, 0.6) is 0 Å². The van der Waals surface area contributed by atoms with Gasteiger partial charge in [-0.15, -0.1) is 11.8 Å². The van der Waals surface area contributed by atoms with E-state index in [2.05, 4.69) is 0 Å². The van der Waals surface area contributed by atoms with Crippen molar-refractivity contribution in [1.29, 1.82) is 0 Å². The Hall–Kier alpha value is -0.580. The number of carbonyl (C=O) groups excluding carboxylic acids is 1. The monoisotopic (exact) mass is 375 g/mol. The second-order valence-corrected chi connectivity index (χ2v) is 8.73. The summed E-state index contributed by atoms with van der Waals surface area (Å²) in [4.78, 5) is 15.0. The third kappa shape index (κ3) is 6.09. The molecule has 0 aliphatic carbocycles. The Morgan fingerprint density at radius 2 is 2.13 bits per heavy atom. The van der Waals surface area contributed by atoms with Crippen molar-refractivity contribution in [2.75, 3.05) is 18.8 Å². The van der Waals surface area contributed by atoms with Crippen LogP contribution in [0.2, 0.25) is 10.0 Å². The predicted molar refractivity (Wildman–Crippen MR) is 97.7 cm³/mol. The third-order valence-electron chi connectivity index (χ3n) is 3.54. The number of carbonyl (C=O) groups is 1. The average Bonchev–Trinajstić information content (AvgIpc) is 2.45. The van der Waals surface area contributed by atoms with Gasteiger partial charge in [-0.25, -0.2) is 4.79 Å². The smallest absolute Gasteiger partial charge is 0.410 e. The van der Waals surface area contributed by atoms with Crippen LogP contribution in [0.3, 0.4) is 0 Å². The van der Waals surface area contributed by atoms with Crippen LogP contribution in [0.1, 0.15) is 33.6 Å². The summed E-state index contributed by atoms with van der Waals surface area (Å²) in [6.07, 6.45) is 1.92. The Labute approximate surface area is 152 Å². The largest absolute Gasteiger partial charge is 0.444 e. The maximum Gasteiger partial charge on any atom is 0.410 e. The zero-order valence-electron chi connectivity index (χ0n) is 13.8. The minimum absolute atomic E-state index is 0.211. The predicted octanol–water partition coefficient (Wildman–Crippen LogP) is 5.73. The summed E-state index contributed by atoms with van der Waals surface area (Å²) in [5.41, 5.74) is -0.449. The van der Waals surface area contributed by atoms with E-state index in [4.69, 9.17) is 27.9 Å². The van der Waals surface area contributed by atoms with Gasteiger partial charge in [0, 0.05) is 28.8 Å². The Morgan fingerprint density at radius 1 is 1.39 bits per heavy atom. The minimum atomic E-state index is -0.449. The Balaban J connectivity index is 1.87. The normalized spacial score (nSPS) is 18.8. The summed E-state index contributed by atoms with van der Waals surface area (Å²) in [5, 5.41) is 1.33. The summed E-state index contributed by atoms with van der Waals surface area (Å²) in [5.74, 6) is 1.38. The summed E-state index contributed by atoms with van der Waals surface area (Å²) in [6, 6.07) is 5.56. The van der Waals surface area contributed by atoms with Crippen LogP contribution in [0.25, 0.3) is 0 Å². The molecule has 1 aliphatic rings. The molecule has 1 aliphatic heterocycles. The van der Waals surface area contributed by atoms with E-state index in [1.165, 1.54) is 0 Å². The lowest BCUT2D eigenvalue weighted by Gasteiger charge is -2.34. The van der Waals surface area contributed by atoms with Gasteiger partial charge in [0.2, 0.25) is 0 Å². The highest BCUT2D eigenvalue weighted by atomic mass is 35.5. The van der Waals surface area contributed by atoms with E-state index < -0.39 is 5.60 Å². The summed E-state index contributed by atoms with van der Waals surface area (Å²) in [6.45, 7) is 7.20. The number of nitrogens with zero attached hydrogens (tertiary/aromatic N) is 1. The Kier molecular flexibility index (Phi) is 6.52. The van der Waals surface area contributed by atoms with Gasteiger partial charge in [-0.05, 0) is 57.7 Å². The van der Waals surface area contributed by atoms with Gasteiger partial charge in [0.1, 0.15) is 5.60 Å². The number of amides is 1. The highest BCUT2D eigenvalue weighted by Gasteiger charge is 2.27. The first kappa shape index (κ1) is 18.8. The molecule has 0 unspecified atom stereocenters. The molecule has 2 rings (SSSR count). The number of thioether (sulfide) groups is 1. The number of rotatable bonds is 3. The first-order chi connectivity index (χ1) is 10.7. The molecule has 0 bridgehead atoms. The van der Waals surface area contributed by atoms with Gasteiger partial charge in [0.25, 0.3) is 0 Å². The van der Waals surface area contributed by atoms with E-state index in [9.17, 15) is 4.79 Å². The summed E-state index contributed by atoms with van der Waals surface area (Å²) < 4.78 is 5.46. The average molecular weight is 376 g/mol. The lowest BCUT2D eigenvalue weighted by molar-refractivity contribution is 0.0177. The zero-order chi connectivity index (χ0) is 17.0. The number of hydrogen-bond donors (Lipinski definition) is 0. The van der Waals surface area contributed by atoms with Gasteiger partial charge in [0.15, 0.2) is 0 Å². The molecule has 128 valence electrons. The Morgan fingerprint density at radius 3 is 2.78 bits per heavy atom. The molecule has 0 spiro atoms. The van der Waals surface area contributed by atoms with Gasteiger partial charge in [-0.2, -0.15) is 0 Å². The number of hydrogen-bond acceptors (Lipinski definition) is 3. The molecule has 1 aromatic rings. The van der Waals surface area contributed by atoms with Gasteiger partial charge in [-0.3, -0.25) is 0 Å². The lowest BCUT2D eigenvalue weighted by atomic mass is 10.0. The first-order valence-electron chi connectivity index (χ1n) is 7.80. The SMILES string of the molecule is CC(C)(C)OC(=O)N1CCC[C@H](CSc2ccc(Cl)cc2Cl)C1. The van der Waals surface area contributed by atoms with E-state index in [0.717, 1.165) is 36.6 Å². The lowest BCUT2D eigenvalue weighted by Crippen LogP contribution is -2.43. The van der Waals surface area contributed by atoms with Crippen LogP contribution in [-0.2, 0) is 4.74 Å². The van der Waals surface area contributed by atoms with E-state index in [1.807, 2.05) is 37.8 Å². The number of piperidine rings is 1. The van der Waals surface area contributed by atoms with Crippen LogP contribution >= 0.6 is 35.0 Å². The second kappa shape index (κ2) is 8.00. The third-order valence-corrected chi connectivity index (χ3v) is 5.50. The van der Waals surface area contributed by atoms with Crippen molar-refractivity contribution in [3.8, 4) is 0 Å². The molecule has 0 N–H and O–H groups in total. The van der Waals surface area contributed by atoms with Gasteiger partial charge < -0.3 is 9.64 Å². The van der Waals surface area contributed by atoms with Crippen molar-refractivity contribution >= 4 is 41.1 Å². The van der Waals surface area contributed by atoms with Crippen molar-refractivity contribution in [2.24, 2.45) is 5.92 Å². The molecule has 0 saturated carbocycles. The zero-order valence-corrected chi connectivity index (χ0v) is 16.1. The molecule has 6 heteroatoms. The standard InChI is InChI=1S/C17H23Cl2NO2S/c1-17(2,3)22-16(21)20-8-4-5-12(10-20)11-23-15-7-6-13(18)9-14(15)19/h6-7,9,12H,4-5,8,10-11H2,1-3H3/t12-/m0/s1. The fourth-order valence-corrected chi connectivity index (χ4v) is 4.11. The molecule has 0 radical (unpaired) electrons. The van der Waals surface area contributed by atoms with Crippen molar-refractivity contribution in [3.05, 3.63) is 28.2 Å². The highest BCUT2D eigenvalue weighted by molar-refractivity contribution is 7.99. The highest BCUT2D eigenvalue weighted by Crippen LogP contribution is 2.32. The second-order valence-electron chi connectivity index (χ2n) is 6.82. The minimum Gasteiger partial charge on any atom is -0.444 e. The molecule has 1 atom stereocenters. The van der Waals surface area contributed by atoms with Crippen molar-refractivity contribution in [1.82, 2.24) is 4.90 Å². The van der Waals surface area contributed by atoms with Crippen molar-refractivity contribution in [2.45, 2.75) is 44.1 Å². The van der Waals surface area contributed by atoms with E-state index in [0.29, 0.717) is 16.0 Å². The molecule has 23 heavy (non-hydrogen) atoms. The van der Waals surface area contributed by atoms with E-state index >= 15 is 0 Å². The molecule has 0 aromatic heterocycles. The van der Waals surface area contributed by atoms with Crippen LogP contribution < -0.4 is 0 Å². The molecule has 1 heterocycles. The first-order valence-corrected chi connectivity index (χ1v) is 9.54. The van der Waals surface area contributed by atoms with Gasteiger partial charge >= 0.3 is 6.09 Å². The number of halogens is 2. The Bertz CT molecular complexity index is 560. The molecule has 1 fully saturated rings. The fourth-order valence-electron chi connectivity index (χ4n) is 2.49. The molecular formula is C17H23Cl2NO2S. The maximum atomic E-state index is 12.2. The number of benzene rings is 1. The molecule has 3 nitrogen and oxygen atoms in total. The summed E-state index contributed by atoms with van der Waals surface area (Å²) >= 11 is 13.8. The quantitative estimate of drug-likeness (QED) is 0.631. The molecular weight excluding hydrogens is 353 g/mol. The fraction of sp³-hybridized carbons (Fsp3) is 0.588. The molecule has 1 aromatic carbocycles. The van der Waals surface area contributed by atoms with Crippen LogP contribution in [0, 0.1) is 5.92 Å².